The van der Waals surface area contributed by atoms with Gasteiger partial charge in [0.25, 0.3) is 0 Å². The van der Waals surface area contributed by atoms with E-state index in [1.54, 1.807) is 27.7 Å². The van der Waals surface area contributed by atoms with Crippen LogP contribution in [-0.4, -0.2) is 29.2 Å². The van der Waals surface area contributed by atoms with Crippen LogP contribution in [0.3, 0.4) is 0 Å². The fourth-order valence-electron chi connectivity index (χ4n) is 0.928. The van der Waals surface area contributed by atoms with Gasteiger partial charge in [0, 0.05) is 4.48 Å². The summed E-state index contributed by atoms with van der Waals surface area (Å²) in [5.74, 6) is -0.965. The number of carbonyl (C=O) groups is 2. The van der Waals surface area contributed by atoms with Crippen molar-refractivity contribution in [1.82, 2.24) is 10.6 Å². The Hall–Kier alpha value is -1.04. The van der Waals surface area contributed by atoms with Crippen LogP contribution in [-0.2, 0) is 4.79 Å². The third-order valence-corrected chi connectivity index (χ3v) is 3.24. The second kappa shape index (κ2) is 5.53. The lowest BCUT2D eigenvalue weighted by Crippen LogP contribution is -2.59. The molecule has 0 saturated carbocycles. The SMILES string of the molecule is C=C(Br)CNC(=O)NC(C)(C)C(C)(C)C(=O)O. The summed E-state index contributed by atoms with van der Waals surface area (Å²) in [6, 6.07) is -0.426. The second-order valence-corrected chi connectivity index (χ2v) is 6.00. The van der Waals surface area contributed by atoms with Crippen molar-refractivity contribution in [2.24, 2.45) is 5.41 Å². The van der Waals surface area contributed by atoms with Gasteiger partial charge in [-0.05, 0) is 27.7 Å². The molecule has 0 aromatic heterocycles. The molecule has 0 saturated heterocycles. The summed E-state index contributed by atoms with van der Waals surface area (Å²) in [5, 5.41) is 14.3. The van der Waals surface area contributed by atoms with E-state index in [-0.39, 0.29) is 6.54 Å². The summed E-state index contributed by atoms with van der Waals surface area (Å²) in [4.78, 5) is 22.7. The van der Waals surface area contributed by atoms with Crippen LogP contribution in [0.1, 0.15) is 27.7 Å². The zero-order valence-corrected chi connectivity index (χ0v) is 12.1. The number of urea groups is 1. The molecule has 5 nitrogen and oxygen atoms in total. The van der Waals surface area contributed by atoms with Crippen molar-refractivity contribution >= 4 is 27.9 Å². The number of carboxylic acid groups (broad SMARTS) is 1. The number of nitrogens with one attached hydrogen (secondary N) is 2. The van der Waals surface area contributed by atoms with Gasteiger partial charge in [0.15, 0.2) is 0 Å². The summed E-state index contributed by atoms with van der Waals surface area (Å²) in [6.07, 6.45) is 0. The third kappa shape index (κ3) is 4.38. The molecule has 0 radical (unpaired) electrons. The Labute approximate surface area is 110 Å². The van der Waals surface area contributed by atoms with Gasteiger partial charge in [0.05, 0.1) is 17.5 Å². The molecule has 0 bridgehead atoms. The lowest BCUT2D eigenvalue weighted by atomic mass is 9.74. The Morgan fingerprint density at radius 3 is 2.12 bits per heavy atom. The van der Waals surface area contributed by atoms with E-state index in [4.69, 9.17) is 5.11 Å². The number of carboxylic acids is 1. The molecule has 98 valence electrons. The first-order valence-corrected chi connectivity index (χ1v) is 5.92. The van der Waals surface area contributed by atoms with Gasteiger partial charge in [0.2, 0.25) is 0 Å². The average Bonchev–Trinajstić information content (AvgIpc) is 2.13. The zero-order chi connectivity index (χ0) is 13.9. The molecule has 0 fully saturated rings. The molecular weight excluding hydrogens is 288 g/mol. The quantitative estimate of drug-likeness (QED) is 0.727. The van der Waals surface area contributed by atoms with Crippen LogP contribution in [0, 0.1) is 5.41 Å². The van der Waals surface area contributed by atoms with Crippen LogP contribution in [0.2, 0.25) is 0 Å². The first kappa shape index (κ1) is 16.0. The standard InChI is InChI=1S/C11H19BrN2O3/c1-7(12)6-13-9(17)14-11(4,5)10(2,3)8(15)16/h1,6H2,2-5H3,(H,15,16)(H2,13,14,17). The van der Waals surface area contributed by atoms with Gasteiger partial charge in [-0.15, -0.1) is 0 Å². The highest BCUT2D eigenvalue weighted by molar-refractivity contribution is 9.11. The highest BCUT2D eigenvalue weighted by Gasteiger charge is 2.44. The number of amides is 2. The van der Waals surface area contributed by atoms with Gasteiger partial charge >= 0.3 is 12.0 Å². The van der Waals surface area contributed by atoms with Gasteiger partial charge in [-0.1, -0.05) is 22.5 Å². The van der Waals surface area contributed by atoms with Gasteiger partial charge < -0.3 is 15.7 Å². The maximum Gasteiger partial charge on any atom is 0.315 e. The number of hydrogen-bond donors (Lipinski definition) is 3. The van der Waals surface area contributed by atoms with Gasteiger partial charge in [-0.25, -0.2) is 4.79 Å². The monoisotopic (exact) mass is 306 g/mol. The summed E-state index contributed by atoms with van der Waals surface area (Å²) < 4.78 is 0.642. The molecule has 0 aliphatic rings. The van der Waals surface area contributed by atoms with E-state index in [2.05, 4.69) is 33.1 Å². The van der Waals surface area contributed by atoms with Crippen molar-refractivity contribution < 1.29 is 14.7 Å². The van der Waals surface area contributed by atoms with E-state index in [0.29, 0.717) is 4.48 Å². The van der Waals surface area contributed by atoms with Crippen LogP contribution in [0.4, 0.5) is 4.79 Å². The van der Waals surface area contributed by atoms with Crippen LogP contribution in [0.25, 0.3) is 0 Å². The molecule has 2 amide bonds. The molecule has 17 heavy (non-hydrogen) atoms. The fraction of sp³-hybridized carbons (Fsp3) is 0.636. The molecular formula is C11H19BrN2O3. The van der Waals surface area contributed by atoms with Crippen molar-refractivity contribution in [3.05, 3.63) is 11.1 Å². The first-order valence-electron chi connectivity index (χ1n) is 5.13. The van der Waals surface area contributed by atoms with Gasteiger partial charge in [-0.3, -0.25) is 4.79 Å². The number of hydrogen-bond acceptors (Lipinski definition) is 2. The molecule has 3 N–H and O–H groups in total. The largest absolute Gasteiger partial charge is 0.481 e. The maximum absolute atomic E-state index is 11.6. The summed E-state index contributed by atoms with van der Waals surface area (Å²) in [7, 11) is 0. The highest BCUT2D eigenvalue weighted by Crippen LogP contribution is 2.30. The van der Waals surface area contributed by atoms with Crippen LogP contribution in [0.15, 0.2) is 11.1 Å². The molecule has 0 aliphatic carbocycles. The Balaban J connectivity index is 4.60. The van der Waals surface area contributed by atoms with E-state index < -0.39 is 23.0 Å². The Bertz CT molecular complexity index is 338. The van der Waals surface area contributed by atoms with Crippen LogP contribution in [0.5, 0.6) is 0 Å². The van der Waals surface area contributed by atoms with E-state index in [0.717, 1.165) is 0 Å². The number of aliphatic carboxylic acids is 1. The predicted octanol–water partition coefficient (Wildman–Crippen LogP) is 2.08. The Morgan fingerprint density at radius 2 is 1.76 bits per heavy atom. The van der Waals surface area contributed by atoms with E-state index in [1.165, 1.54) is 0 Å². The summed E-state index contributed by atoms with van der Waals surface area (Å²) in [6.45, 7) is 10.3. The zero-order valence-electron chi connectivity index (χ0n) is 10.6. The fourth-order valence-corrected chi connectivity index (χ4v) is 1.07. The topological polar surface area (TPSA) is 78.4 Å². The lowest BCUT2D eigenvalue weighted by molar-refractivity contribution is -0.150. The van der Waals surface area contributed by atoms with Crippen LogP contribution >= 0.6 is 15.9 Å². The molecule has 0 unspecified atom stereocenters. The predicted molar refractivity (Wildman–Crippen MR) is 70.1 cm³/mol. The molecule has 0 aromatic rings. The molecule has 0 aromatic carbocycles. The van der Waals surface area contributed by atoms with E-state index in [1.807, 2.05) is 0 Å². The highest BCUT2D eigenvalue weighted by atomic mass is 79.9. The van der Waals surface area contributed by atoms with Crippen molar-refractivity contribution in [2.45, 2.75) is 33.2 Å². The van der Waals surface area contributed by atoms with E-state index >= 15 is 0 Å². The summed E-state index contributed by atoms with van der Waals surface area (Å²) >= 11 is 3.11. The van der Waals surface area contributed by atoms with Crippen LogP contribution < -0.4 is 10.6 Å². The van der Waals surface area contributed by atoms with Gasteiger partial charge in [-0.2, -0.15) is 0 Å². The minimum absolute atomic E-state index is 0.287. The number of carbonyl (C=O) groups excluding carboxylic acids is 1. The first-order chi connectivity index (χ1) is 7.50. The maximum atomic E-state index is 11.6. The molecule has 0 atom stereocenters. The second-order valence-electron chi connectivity index (χ2n) is 4.88. The van der Waals surface area contributed by atoms with Crippen molar-refractivity contribution in [3.63, 3.8) is 0 Å². The van der Waals surface area contributed by atoms with Gasteiger partial charge in [0.1, 0.15) is 0 Å². The molecule has 0 aliphatic heterocycles. The van der Waals surface area contributed by atoms with E-state index in [9.17, 15) is 9.59 Å². The average molecular weight is 307 g/mol. The Morgan fingerprint density at radius 1 is 1.29 bits per heavy atom. The smallest absolute Gasteiger partial charge is 0.315 e. The molecule has 0 heterocycles. The lowest BCUT2D eigenvalue weighted by Gasteiger charge is -2.38. The minimum atomic E-state index is -1.07. The normalized spacial score (nSPS) is 11.8. The number of halogens is 1. The Kier molecular flexibility index (Phi) is 5.19. The van der Waals surface area contributed by atoms with Crippen molar-refractivity contribution in [2.75, 3.05) is 6.54 Å². The molecule has 0 spiro atoms. The van der Waals surface area contributed by atoms with Crippen molar-refractivity contribution in [1.29, 1.82) is 0 Å². The molecule has 6 heteroatoms. The van der Waals surface area contributed by atoms with Crippen molar-refractivity contribution in [3.8, 4) is 0 Å². The minimum Gasteiger partial charge on any atom is -0.481 e. The molecule has 0 rings (SSSR count). The number of rotatable bonds is 5. The summed E-state index contributed by atoms with van der Waals surface area (Å²) in [5.41, 5.74) is -1.95. The third-order valence-electron chi connectivity index (χ3n) is 2.96.